The molecule has 27 heavy (non-hydrogen) atoms. The molecule has 13 heteroatoms. The fraction of sp³-hybridized carbons (Fsp3) is 1.00. The van der Waals surface area contributed by atoms with E-state index in [1.165, 1.54) is 7.11 Å². The van der Waals surface area contributed by atoms with Gasteiger partial charge in [0.2, 0.25) is 0 Å². The van der Waals surface area contributed by atoms with Crippen molar-refractivity contribution in [3.63, 3.8) is 0 Å². The highest BCUT2D eigenvalue weighted by Crippen LogP contribution is 2.49. The normalized spacial score (nSPS) is 30.1. The molecule has 6 atom stereocenters. The van der Waals surface area contributed by atoms with Crippen LogP contribution in [0.2, 0.25) is 0 Å². The monoisotopic (exact) mass is 435 g/mol. The van der Waals surface area contributed by atoms with Gasteiger partial charge in [0.1, 0.15) is 18.3 Å². The average molecular weight is 435 g/mol. The summed E-state index contributed by atoms with van der Waals surface area (Å²) in [7, 11) is -6.20. The molecule has 0 aliphatic carbocycles. The first kappa shape index (κ1) is 25.1. The summed E-state index contributed by atoms with van der Waals surface area (Å²) in [6.07, 6.45) is 0.0740. The first-order valence-corrected chi connectivity index (χ1v) is 11.7. The summed E-state index contributed by atoms with van der Waals surface area (Å²) in [6, 6.07) is 0. The van der Waals surface area contributed by atoms with Gasteiger partial charge in [-0.15, -0.1) is 0 Å². The first-order valence-electron chi connectivity index (χ1n) is 8.73. The SMILES string of the molecule is COC1[C@H](C)O[C@H](COP(=O)(O)OC)[C@@H]1OP(=O)(O)OCCCCCCN. The number of hydrogen-bond acceptors (Lipinski definition) is 9. The zero-order valence-corrected chi connectivity index (χ0v) is 17.7. The lowest BCUT2D eigenvalue weighted by Gasteiger charge is -2.25. The maximum Gasteiger partial charge on any atom is 0.472 e. The standard InChI is InChI=1S/C14H31NO10P2/c1-11-13(20-2)14(12(24-11)10-23-26(16,17)21-3)25-27(18,19)22-9-7-5-4-6-8-15/h11-14H,4-10,15H2,1-3H3,(H,16,17)(H,18,19)/t11-,12+,13?,14-/m0/s1. The van der Waals surface area contributed by atoms with E-state index in [9.17, 15) is 18.9 Å². The zero-order chi connectivity index (χ0) is 20.5. The Morgan fingerprint density at radius 2 is 1.67 bits per heavy atom. The predicted molar refractivity (Wildman–Crippen MR) is 96.1 cm³/mol. The van der Waals surface area contributed by atoms with Gasteiger partial charge in [0.25, 0.3) is 0 Å². The van der Waals surface area contributed by atoms with Gasteiger partial charge in [0.05, 0.1) is 19.3 Å². The van der Waals surface area contributed by atoms with Crippen molar-refractivity contribution in [2.24, 2.45) is 5.73 Å². The second kappa shape index (κ2) is 11.9. The molecule has 0 bridgehead atoms. The maximum absolute atomic E-state index is 12.2. The molecule has 1 rings (SSSR count). The van der Waals surface area contributed by atoms with Crippen LogP contribution >= 0.6 is 15.6 Å². The van der Waals surface area contributed by atoms with Crippen LogP contribution in [0.3, 0.4) is 0 Å². The molecule has 1 aliphatic heterocycles. The Labute approximate surface area is 159 Å². The minimum absolute atomic E-state index is 0.0514. The van der Waals surface area contributed by atoms with Crippen molar-refractivity contribution < 1.29 is 46.5 Å². The highest BCUT2D eigenvalue weighted by atomic mass is 31.2. The van der Waals surface area contributed by atoms with Crippen LogP contribution in [0, 0.1) is 0 Å². The van der Waals surface area contributed by atoms with E-state index >= 15 is 0 Å². The molecule has 1 fully saturated rings. The lowest BCUT2D eigenvalue weighted by Crippen LogP contribution is -2.37. The van der Waals surface area contributed by atoms with Gasteiger partial charge in [-0.2, -0.15) is 0 Å². The van der Waals surface area contributed by atoms with E-state index in [0.29, 0.717) is 13.0 Å². The molecule has 162 valence electrons. The van der Waals surface area contributed by atoms with Crippen LogP contribution in [0.25, 0.3) is 0 Å². The van der Waals surface area contributed by atoms with Crippen molar-refractivity contribution in [3.05, 3.63) is 0 Å². The van der Waals surface area contributed by atoms with Crippen LogP contribution in [-0.4, -0.2) is 68.2 Å². The highest BCUT2D eigenvalue weighted by Gasteiger charge is 2.48. The third-order valence-electron chi connectivity index (χ3n) is 4.05. The van der Waals surface area contributed by atoms with Gasteiger partial charge in [0.15, 0.2) is 0 Å². The Kier molecular flexibility index (Phi) is 11.1. The average Bonchev–Trinajstić information content (AvgIpc) is 2.90. The Bertz CT molecular complexity index is 522. The molecule has 1 heterocycles. The van der Waals surface area contributed by atoms with E-state index in [0.717, 1.165) is 26.4 Å². The van der Waals surface area contributed by atoms with Gasteiger partial charge >= 0.3 is 15.6 Å². The second-order valence-corrected chi connectivity index (χ2v) is 9.07. The Balaban J connectivity index is 2.61. The van der Waals surface area contributed by atoms with Gasteiger partial charge in [-0.05, 0) is 26.3 Å². The van der Waals surface area contributed by atoms with E-state index in [4.69, 9.17) is 28.8 Å². The molecule has 0 saturated carbocycles. The minimum atomic E-state index is -4.39. The lowest BCUT2D eigenvalue weighted by atomic mass is 10.1. The van der Waals surface area contributed by atoms with Crippen molar-refractivity contribution in [2.45, 2.75) is 57.0 Å². The molecule has 0 aromatic carbocycles. The predicted octanol–water partition coefficient (Wildman–Crippen LogP) is 1.57. The fourth-order valence-electron chi connectivity index (χ4n) is 2.68. The summed E-state index contributed by atoms with van der Waals surface area (Å²) >= 11 is 0. The number of nitrogens with two attached hydrogens (primary N) is 1. The molecule has 11 nitrogen and oxygen atoms in total. The highest BCUT2D eigenvalue weighted by molar-refractivity contribution is 7.47. The number of unbranched alkanes of at least 4 members (excludes halogenated alkanes) is 3. The third-order valence-corrected chi connectivity index (χ3v) is 6.01. The Morgan fingerprint density at radius 1 is 1.00 bits per heavy atom. The van der Waals surface area contributed by atoms with Crippen LogP contribution in [0.1, 0.15) is 32.6 Å². The third kappa shape index (κ3) is 8.97. The summed E-state index contributed by atoms with van der Waals surface area (Å²) in [6.45, 7) is 1.94. The summed E-state index contributed by atoms with van der Waals surface area (Å²) in [5.74, 6) is 0. The van der Waals surface area contributed by atoms with Gasteiger partial charge < -0.3 is 25.0 Å². The summed E-state index contributed by atoms with van der Waals surface area (Å²) in [5, 5.41) is 0. The summed E-state index contributed by atoms with van der Waals surface area (Å²) in [5.41, 5.74) is 5.40. The van der Waals surface area contributed by atoms with E-state index < -0.39 is 46.7 Å². The van der Waals surface area contributed by atoms with Gasteiger partial charge in [-0.1, -0.05) is 12.8 Å². The van der Waals surface area contributed by atoms with Gasteiger partial charge in [0, 0.05) is 14.2 Å². The smallest absolute Gasteiger partial charge is 0.376 e. The first-order chi connectivity index (χ1) is 12.7. The second-order valence-electron chi connectivity index (χ2n) is 6.10. The lowest BCUT2D eigenvalue weighted by molar-refractivity contribution is -0.0211. The summed E-state index contributed by atoms with van der Waals surface area (Å²) in [4.78, 5) is 19.3. The minimum Gasteiger partial charge on any atom is -0.376 e. The topological polar surface area (TPSA) is 156 Å². The van der Waals surface area contributed by atoms with Crippen molar-refractivity contribution in [3.8, 4) is 0 Å². The van der Waals surface area contributed by atoms with Crippen LogP contribution < -0.4 is 5.73 Å². The molecule has 0 spiro atoms. The zero-order valence-electron chi connectivity index (χ0n) is 15.9. The molecule has 0 radical (unpaired) electrons. The van der Waals surface area contributed by atoms with E-state index in [1.807, 2.05) is 0 Å². The number of phosphoric ester groups is 2. The molecule has 3 unspecified atom stereocenters. The molecule has 0 amide bonds. The number of methoxy groups -OCH3 is 1. The van der Waals surface area contributed by atoms with Crippen molar-refractivity contribution >= 4 is 15.6 Å². The number of rotatable bonds is 14. The van der Waals surface area contributed by atoms with Crippen LogP contribution in [0.5, 0.6) is 0 Å². The number of phosphoric acid groups is 2. The van der Waals surface area contributed by atoms with Crippen molar-refractivity contribution in [1.29, 1.82) is 0 Å². The maximum atomic E-state index is 12.2. The Morgan fingerprint density at radius 3 is 2.26 bits per heavy atom. The number of hydrogen-bond donors (Lipinski definition) is 3. The van der Waals surface area contributed by atoms with Crippen LogP contribution in [-0.2, 0) is 36.7 Å². The number of ether oxygens (including phenoxy) is 2. The van der Waals surface area contributed by atoms with Crippen LogP contribution in [0.4, 0.5) is 0 Å². The molecule has 1 saturated heterocycles. The van der Waals surface area contributed by atoms with E-state index in [-0.39, 0.29) is 6.61 Å². The molecule has 1 aliphatic rings. The van der Waals surface area contributed by atoms with E-state index in [1.54, 1.807) is 6.92 Å². The molecule has 0 aromatic heterocycles. The van der Waals surface area contributed by atoms with E-state index in [2.05, 4.69) is 4.52 Å². The van der Waals surface area contributed by atoms with Crippen molar-refractivity contribution in [2.75, 3.05) is 34.0 Å². The quantitative estimate of drug-likeness (QED) is 0.269. The fourth-order valence-corrected chi connectivity index (χ4v) is 4.11. The van der Waals surface area contributed by atoms with Gasteiger partial charge in [-0.25, -0.2) is 9.13 Å². The van der Waals surface area contributed by atoms with Crippen LogP contribution in [0.15, 0.2) is 0 Å². The largest absolute Gasteiger partial charge is 0.472 e. The molecular weight excluding hydrogens is 404 g/mol. The summed E-state index contributed by atoms with van der Waals surface area (Å²) < 4.78 is 53.9. The molecule has 4 N–H and O–H groups in total. The Hall–Kier alpha value is 0.1000. The van der Waals surface area contributed by atoms with Gasteiger partial charge in [-0.3, -0.25) is 18.1 Å². The molecule has 0 aromatic rings. The molecular formula is C14H31NO10P2. The van der Waals surface area contributed by atoms with Crippen molar-refractivity contribution in [1.82, 2.24) is 0 Å².